The molecule has 94 valence electrons. The fourth-order valence-electron chi connectivity index (χ4n) is 1.83. The van der Waals surface area contributed by atoms with Gasteiger partial charge in [0.1, 0.15) is 5.82 Å². The van der Waals surface area contributed by atoms with Gasteiger partial charge in [0.2, 0.25) is 0 Å². The second-order valence-electron chi connectivity index (χ2n) is 4.36. The van der Waals surface area contributed by atoms with Crippen molar-refractivity contribution in [2.24, 2.45) is 5.84 Å². The number of hydrazine groups is 1. The molecular formula is C14H18N4. The molecule has 3 N–H and O–H groups in total. The van der Waals surface area contributed by atoms with Crippen molar-refractivity contribution in [1.29, 1.82) is 0 Å². The molecule has 0 aliphatic rings. The van der Waals surface area contributed by atoms with Crippen LogP contribution in [-0.2, 0) is 6.42 Å². The van der Waals surface area contributed by atoms with Crippen LogP contribution < -0.4 is 11.3 Å². The van der Waals surface area contributed by atoms with Crippen LogP contribution >= 0.6 is 0 Å². The van der Waals surface area contributed by atoms with E-state index in [-0.39, 0.29) is 6.04 Å². The van der Waals surface area contributed by atoms with Gasteiger partial charge in [0.25, 0.3) is 0 Å². The van der Waals surface area contributed by atoms with Gasteiger partial charge >= 0.3 is 0 Å². The second-order valence-corrected chi connectivity index (χ2v) is 4.36. The third-order valence-electron chi connectivity index (χ3n) is 2.88. The molecule has 4 nitrogen and oxygen atoms in total. The topological polar surface area (TPSA) is 63.8 Å². The predicted octanol–water partition coefficient (Wildman–Crippen LogP) is 1.92. The first kappa shape index (κ1) is 12.7. The van der Waals surface area contributed by atoms with Gasteiger partial charge < -0.3 is 0 Å². The lowest BCUT2D eigenvalue weighted by Gasteiger charge is -2.14. The number of aryl methyl sites for hydroxylation is 2. The first-order chi connectivity index (χ1) is 8.79. The number of hydrogen-bond donors (Lipinski definition) is 2. The lowest BCUT2D eigenvalue weighted by molar-refractivity contribution is 0.490. The minimum atomic E-state index is -0.00851. The van der Waals surface area contributed by atoms with Crippen molar-refractivity contribution in [1.82, 2.24) is 15.4 Å². The Balaban J connectivity index is 1.99. The Morgan fingerprint density at radius 1 is 1.17 bits per heavy atom. The fraction of sp³-hybridized carbons (Fsp3) is 0.286. The van der Waals surface area contributed by atoms with Gasteiger partial charge in [0.05, 0.1) is 6.04 Å². The predicted molar refractivity (Wildman–Crippen MR) is 71.6 cm³/mol. The quantitative estimate of drug-likeness (QED) is 0.621. The first-order valence-electron chi connectivity index (χ1n) is 6.08. The minimum absolute atomic E-state index is 0.00851. The number of nitrogens with one attached hydrogen (secondary N) is 1. The summed E-state index contributed by atoms with van der Waals surface area (Å²) in [6.07, 6.45) is 5.46. The molecule has 1 atom stereocenters. The van der Waals surface area contributed by atoms with E-state index in [0.717, 1.165) is 24.2 Å². The maximum absolute atomic E-state index is 5.58. The van der Waals surface area contributed by atoms with Crippen LogP contribution in [-0.4, -0.2) is 9.97 Å². The van der Waals surface area contributed by atoms with Gasteiger partial charge in [0.15, 0.2) is 0 Å². The van der Waals surface area contributed by atoms with Gasteiger partial charge in [-0.1, -0.05) is 30.3 Å². The van der Waals surface area contributed by atoms with Gasteiger partial charge in [-0.2, -0.15) is 0 Å². The standard InChI is InChI=1S/C14H18N4/c1-11-9-16-14(17-10-11)13(18-15)8-7-12-5-3-2-4-6-12/h2-6,9-10,13,18H,7-8,15H2,1H3. The van der Waals surface area contributed by atoms with E-state index in [1.807, 2.05) is 37.5 Å². The van der Waals surface area contributed by atoms with E-state index in [1.54, 1.807) is 0 Å². The molecule has 1 aromatic heterocycles. The van der Waals surface area contributed by atoms with Crippen molar-refractivity contribution >= 4 is 0 Å². The molecule has 1 unspecified atom stereocenters. The molecule has 0 fully saturated rings. The molecule has 0 spiro atoms. The molecule has 0 amide bonds. The molecule has 18 heavy (non-hydrogen) atoms. The van der Waals surface area contributed by atoms with Crippen LogP contribution in [0.4, 0.5) is 0 Å². The first-order valence-corrected chi connectivity index (χ1v) is 6.08. The van der Waals surface area contributed by atoms with Crippen LogP contribution in [0, 0.1) is 6.92 Å². The summed E-state index contributed by atoms with van der Waals surface area (Å²) in [4.78, 5) is 8.62. The van der Waals surface area contributed by atoms with Crippen LogP contribution in [0.5, 0.6) is 0 Å². The van der Waals surface area contributed by atoms with Gasteiger partial charge in [-0.25, -0.2) is 15.4 Å². The lowest BCUT2D eigenvalue weighted by atomic mass is 10.1. The number of benzene rings is 1. The summed E-state index contributed by atoms with van der Waals surface area (Å²) in [5.41, 5.74) is 5.13. The second kappa shape index (κ2) is 6.23. The van der Waals surface area contributed by atoms with Crippen molar-refractivity contribution < 1.29 is 0 Å². The van der Waals surface area contributed by atoms with E-state index in [1.165, 1.54) is 5.56 Å². The molecule has 4 heteroatoms. The van der Waals surface area contributed by atoms with Crippen molar-refractivity contribution in [3.63, 3.8) is 0 Å². The lowest BCUT2D eigenvalue weighted by Crippen LogP contribution is -2.29. The van der Waals surface area contributed by atoms with Crippen molar-refractivity contribution in [3.8, 4) is 0 Å². The van der Waals surface area contributed by atoms with E-state index in [9.17, 15) is 0 Å². The molecule has 2 aromatic rings. The Morgan fingerprint density at radius 3 is 2.44 bits per heavy atom. The van der Waals surface area contributed by atoms with Crippen LogP contribution in [0.2, 0.25) is 0 Å². The Hall–Kier alpha value is -1.78. The SMILES string of the molecule is Cc1cnc(C(CCc2ccccc2)NN)nc1. The average Bonchev–Trinajstić information content (AvgIpc) is 2.42. The normalized spacial score (nSPS) is 12.3. The number of rotatable bonds is 5. The third-order valence-corrected chi connectivity index (χ3v) is 2.88. The van der Waals surface area contributed by atoms with Crippen molar-refractivity contribution in [3.05, 3.63) is 59.7 Å². The summed E-state index contributed by atoms with van der Waals surface area (Å²) in [5.74, 6) is 6.33. The maximum Gasteiger partial charge on any atom is 0.146 e. The number of nitrogens with zero attached hydrogens (tertiary/aromatic N) is 2. The maximum atomic E-state index is 5.58. The largest absolute Gasteiger partial charge is 0.271 e. The zero-order valence-corrected chi connectivity index (χ0v) is 10.5. The monoisotopic (exact) mass is 242 g/mol. The van der Waals surface area contributed by atoms with E-state index >= 15 is 0 Å². The van der Waals surface area contributed by atoms with E-state index < -0.39 is 0 Å². The summed E-state index contributed by atoms with van der Waals surface area (Å²) in [7, 11) is 0. The Labute approximate surface area is 107 Å². The zero-order valence-electron chi connectivity index (χ0n) is 10.5. The summed E-state index contributed by atoms with van der Waals surface area (Å²) in [6, 6.07) is 10.3. The smallest absolute Gasteiger partial charge is 0.146 e. The molecule has 1 heterocycles. The molecule has 0 aliphatic carbocycles. The van der Waals surface area contributed by atoms with E-state index in [0.29, 0.717) is 0 Å². The molecule has 0 saturated heterocycles. The van der Waals surface area contributed by atoms with E-state index in [4.69, 9.17) is 5.84 Å². The molecule has 2 rings (SSSR count). The van der Waals surface area contributed by atoms with Crippen LogP contribution in [0.25, 0.3) is 0 Å². The van der Waals surface area contributed by atoms with Crippen molar-refractivity contribution in [2.75, 3.05) is 0 Å². The highest BCUT2D eigenvalue weighted by Gasteiger charge is 2.12. The van der Waals surface area contributed by atoms with Gasteiger partial charge in [-0.3, -0.25) is 5.84 Å². The highest BCUT2D eigenvalue weighted by Crippen LogP contribution is 2.14. The zero-order chi connectivity index (χ0) is 12.8. The molecule has 0 saturated carbocycles. The van der Waals surface area contributed by atoms with Crippen LogP contribution in [0.15, 0.2) is 42.7 Å². The average molecular weight is 242 g/mol. The molecule has 0 radical (unpaired) electrons. The number of nitrogens with two attached hydrogens (primary N) is 1. The minimum Gasteiger partial charge on any atom is -0.271 e. The molecule has 1 aromatic carbocycles. The van der Waals surface area contributed by atoms with Gasteiger partial charge in [-0.05, 0) is 30.9 Å². The summed E-state index contributed by atoms with van der Waals surface area (Å²) >= 11 is 0. The molecule has 0 bridgehead atoms. The summed E-state index contributed by atoms with van der Waals surface area (Å²) in [5, 5.41) is 0. The highest BCUT2D eigenvalue weighted by molar-refractivity contribution is 5.15. The van der Waals surface area contributed by atoms with Crippen molar-refractivity contribution in [2.45, 2.75) is 25.8 Å². The Morgan fingerprint density at radius 2 is 1.83 bits per heavy atom. The molecular weight excluding hydrogens is 224 g/mol. The fourth-order valence-corrected chi connectivity index (χ4v) is 1.83. The molecule has 0 aliphatic heterocycles. The van der Waals surface area contributed by atoms with Gasteiger partial charge in [0, 0.05) is 12.4 Å². The van der Waals surface area contributed by atoms with Crippen LogP contribution in [0.1, 0.15) is 29.4 Å². The third kappa shape index (κ3) is 3.35. The summed E-state index contributed by atoms with van der Waals surface area (Å²) < 4.78 is 0. The number of aromatic nitrogens is 2. The van der Waals surface area contributed by atoms with Gasteiger partial charge in [-0.15, -0.1) is 0 Å². The Bertz CT molecular complexity index is 467. The highest BCUT2D eigenvalue weighted by atomic mass is 15.2. The number of hydrogen-bond acceptors (Lipinski definition) is 4. The summed E-state index contributed by atoms with van der Waals surface area (Å²) in [6.45, 7) is 1.97. The van der Waals surface area contributed by atoms with E-state index in [2.05, 4.69) is 27.5 Å². The Kier molecular flexibility index (Phi) is 4.39. The van der Waals surface area contributed by atoms with Crippen LogP contribution in [0.3, 0.4) is 0 Å².